The highest BCUT2D eigenvalue weighted by molar-refractivity contribution is 7.98. The van der Waals surface area contributed by atoms with Crippen molar-refractivity contribution in [3.8, 4) is 0 Å². The predicted molar refractivity (Wildman–Crippen MR) is 77.1 cm³/mol. The molecule has 0 radical (unpaired) electrons. The summed E-state index contributed by atoms with van der Waals surface area (Å²) in [4.78, 5) is 8.58. The van der Waals surface area contributed by atoms with Crippen molar-refractivity contribution in [1.82, 2.24) is 9.97 Å². The van der Waals surface area contributed by atoms with Crippen LogP contribution in [-0.2, 0) is 0 Å². The highest BCUT2D eigenvalue weighted by Gasteiger charge is 2.11. The van der Waals surface area contributed by atoms with Crippen LogP contribution in [0.4, 0.5) is 11.6 Å². The molecule has 19 heavy (non-hydrogen) atoms. The number of furan rings is 1. The fourth-order valence-electron chi connectivity index (χ4n) is 1.64. The Morgan fingerprint density at radius 3 is 2.63 bits per heavy atom. The monoisotopic (exact) mass is 279 g/mol. The summed E-state index contributed by atoms with van der Waals surface area (Å²) in [6.07, 6.45) is 1.92. The number of hydrogen-bond acceptors (Lipinski definition) is 7. The average Bonchev–Trinajstić information content (AvgIpc) is 2.85. The van der Waals surface area contributed by atoms with Gasteiger partial charge in [-0.05, 0) is 32.2 Å². The quantitative estimate of drug-likeness (QED) is 0.335. The first kappa shape index (κ1) is 13.7. The van der Waals surface area contributed by atoms with E-state index in [1.165, 1.54) is 11.8 Å². The van der Waals surface area contributed by atoms with Crippen LogP contribution in [0.2, 0.25) is 0 Å². The maximum absolute atomic E-state index is 5.58. The van der Waals surface area contributed by atoms with E-state index in [-0.39, 0.29) is 6.04 Å². The number of thioether (sulfide) groups is 1. The van der Waals surface area contributed by atoms with E-state index in [4.69, 9.17) is 10.3 Å². The molecule has 2 rings (SSSR count). The molecule has 2 heterocycles. The maximum Gasteiger partial charge on any atom is 0.191 e. The molecule has 6 nitrogen and oxygen atoms in total. The van der Waals surface area contributed by atoms with E-state index in [1.54, 1.807) is 6.07 Å². The first-order valence-corrected chi connectivity index (χ1v) is 7.07. The molecule has 0 saturated heterocycles. The number of nitrogens with one attached hydrogen (secondary N) is 2. The molecule has 0 aliphatic rings. The number of rotatable bonds is 5. The van der Waals surface area contributed by atoms with Crippen LogP contribution in [0.3, 0.4) is 0 Å². The van der Waals surface area contributed by atoms with Gasteiger partial charge in [-0.25, -0.2) is 15.8 Å². The normalized spacial score (nSPS) is 12.2. The summed E-state index contributed by atoms with van der Waals surface area (Å²) >= 11 is 1.46. The zero-order valence-corrected chi connectivity index (χ0v) is 11.9. The van der Waals surface area contributed by atoms with E-state index in [9.17, 15) is 0 Å². The van der Waals surface area contributed by atoms with Gasteiger partial charge in [-0.3, -0.25) is 0 Å². The summed E-state index contributed by atoms with van der Waals surface area (Å²) in [7, 11) is 0. The van der Waals surface area contributed by atoms with Gasteiger partial charge in [0.1, 0.15) is 23.2 Å². The molecule has 0 spiro atoms. The molecule has 2 aromatic heterocycles. The lowest BCUT2D eigenvalue weighted by Crippen LogP contribution is -2.12. The van der Waals surface area contributed by atoms with Crippen molar-refractivity contribution in [2.24, 2.45) is 5.84 Å². The van der Waals surface area contributed by atoms with Crippen LogP contribution in [0.5, 0.6) is 0 Å². The van der Waals surface area contributed by atoms with Crippen molar-refractivity contribution in [3.05, 3.63) is 29.7 Å². The molecular formula is C12H17N5OS. The van der Waals surface area contributed by atoms with Crippen molar-refractivity contribution in [3.63, 3.8) is 0 Å². The van der Waals surface area contributed by atoms with Crippen molar-refractivity contribution in [2.45, 2.75) is 25.0 Å². The third kappa shape index (κ3) is 3.39. The minimum absolute atomic E-state index is 0.0175. The van der Waals surface area contributed by atoms with Gasteiger partial charge in [-0.15, -0.1) is 0 Å². The molecule has 0 fully saturated rings. The Morgan fingerprint density at radius 1 is 1.32 bits per heavy atom. The van der Waals surface area contributed by atoms with E-state index in [0.29, 0.717) is 16.8 Å². The topological polar surface area (TPSA) is 89.0 Å². The van der Waals surface area contributed by atoms with Crippen molar-refractivity contribution < 1.29 is 4.42 Å². The second-order valence-electron chi connectivity index (χ2n) is 4.08. The Kier molecular flexibility index (Phi) is 4.28. The van der Waals surface area contributed by atoms with Gasteiger partial charge in [0.05, 0.1) is 6.04 Å². The molecule has 2 aromatic rings. The number of nitrogens with two attached hydrogens (primary N) is 1. The van der Waals surface area contributed by atoms with Crippen molar-refractivity contribution >= 4 is 23.4 Å². The molecule has 0 aliphatic carbocycles. The maximum atomic E-state index is 5.58. The highest BCUT2D eigenvalue weighted by Crippen LogP contribution is 2.22. The van der Waals surface area contributed by atoms with E-state index in [1.807, 2.05) is 32.2 Å². The van der Waals surface area contributed by atoms with Crippen molar-refractivity contribution in [1.29, 1.82) is 0 Å². The minimum Gasteiger partial charge on any atom is -0.464 e. The second-order valence-corrected chi connectivity index (χ2v) is 4.86. The van der Waals surface area contributed by atoms with Crippen LogP contribution in [0.15, 0.2) is 27.8 Å². The zero-order valence-electron chi connectivity index (χ0n) is 11.1. The standard InChI is InChI=1S/C12H17N5OS/c1-7-4-5-9(18-7)8(2)14-10-6-11(17-13)16-12(15-10)19-3/h4-6,8H,13H2,1-3H3,(H2,14,15,16,17). The summed E-state index contributed by atoms with van der Waals surface area (Å²) in [6, 6.07) is 5.66. The Labute approximate surface area is 116 Å². The van der Waals surface area contributed by atoms with E-state index < -0.39 is 0 Å². The van der Waals surface area contributed by atoms with E-state index in [0.717, 1.165) is 11.5 Å². The van der Waals surface area contributed by atoms with Gasteiger partial charge in [0.15, 0.2) is 5.16 Å². The van der Waals surface area contributed by atoms with E-state index >= 15 is 0 Å². The van der Waals surface area contributed by atoms with Crippen LogP contribution < -0.4 is 16.6 Å². The summed E-state index contributed by atoms with van der Waals surface area (Å²) in [5, 5.41) is 3.92. The predicted octanol–water partition coefficient (Wildman–Crippen LogP) is 2.56. The number of aryl methyl sites for hydroxylation is 1. The molecule has 7 heteroatoms. The summed E-state index contributed by atoms with van der Waals surface area (Å²) in [5.41, 5.74) is 2.53. The molecule has 1 unspecified atom stereocenters. The number of nitrogens with zero attached hydrogens (tertiary/aromatic N) is 2. The van der Waals surface area contributed by atoms with Gasteiger partial charge >= 0.3 is 0 Å². The first-order chi connectivity index (χ1) is 9.12. The van der Waals surface area contributed by atoms with Crippen LogP contribution in [-0.4, -0.2) is 16.2 Å². The van der Waals surface area contributed by atoms with Gasteiger partial charge in [0, 0.05) is 6.07 Å². The first-order valence-electron chi connectivity index (χ1n) is 5.85. The SMILES string of the molecule is CSc1nc(NN)cc(NC(C)c2ccc(C)o2)n1. The van der Waals surface area contributed by atoms with Gasteiger partial charge in [-0.1, -0.05) is 11.8 Å². The molecule has 0 aromatic carbocycles. The average molecular weight is 279 g/mol. The fourth-order valence-corrected chi connectivity index (χ4v) is 2.02. The van der Waals surface area contributed by atoms with Gasteiger partial charge in [0.25, 0.3) is 0 Å². The van der Waals surface area contributed by atoms with Gasteiger partial charge < -0.3 is 15.2 Å². The Bertz CT molecular complexity index is 535. The van der Waals surface area contributed by atoms with Crippen LogP contribution in [0.25, 0.3) is 0 Å². The van der Waals surface area contributed by atoms with Crippen LogP contribution in [0, 0.1) is 6.92 Å². The Balaban J connectivity index is 2.18. The van der Waals surface area contributed by atoms with E-state index in [2.05, 4.69) is 20.7 Å². The summed E-state index contributed by atoms with van der Waals surface area (Å²) < 4.78 is 5.58. The number of aromatic nitrogens is 2. The van der Waals surface area contributed by atoms with Gasteiger partial charge in [-0.2, -0.15) is 0 Å². The molecular weight excluding hydrogens is 262 g/mol. The third-order valence-corrected chi connectivity index (χ3v) is 3.14. The lowest BCUT2D eigenvalue weighted by atomic mass is 10.2. The zero-order chi connectivity index (χ0) is 13.8. The molecule has 1 atom stereocenters. The molecule has 0 bridgehead atoms. The Hall–Kier alpha value is -1.73. The molecule has 0 amide bonds. The second kappa shape index (κ2) is 5.94. The Morgan fingerprint density at radius 2 is 2.05 bits per heavy atom. The summed E-state index contributed by atoms with van der Waals surface area (Å²) in [6.45, 7) is 3.93. The summed E-state index contributed by atoms with van der Waals surface area (Å²) in [5.74, 6) is 8.42. The van der Waals surface area contributed by atoms with Crippen LogP contribution >= 0.6 is 11.8 Å². The van der Waals surface area contributed by atoms with Gasteiger partial charge in [0.2, 0.25) is 0 Å². The lowest BCUT2D eigenvalue weighted by Gasteiger charge is -2.13. The number of nitrogen functional groups attached to an aromatic ring is 1. The van der Waals surface area contributed by atoms with Crippen LogP contribution in [0.1, 0.15) is 24.5 Å². The molecule has 4 N–H and O–H groups in total. The molecule has 0 aliphatic heterocycles. The number of hydrogen-bond donors (Lipinski definition) is 3. The lowest BCUT2D eigenvalue weighted by molar-refractivity contribution is 0.466. The third-order valence-electron chi connectivity index (χ3n) is 2.59. The van der Waals surface area contributed by atoms with Crippen molar-refractivity contribution in [2.75, 3.05) is 17.0 Å². The highest BCUT2D eigenvalue weighted by atomic mass is 32.2. The number of anilines is 2. The minimum atomic E-state index is 0.0175. The molecule has 0 saturated carbocycles. The number of hydrazine groups is 1. The smallest absolute Gasteiger partial charge is 0.191 e. The largest absolute Gasteiger partial charge is 0.464 e. The fraction of sp³-hybridized carbons (Fsp3) is 0.333. The molecule has 102 valence electrons.